The Morgan fingerprint density at radius 2 is 2.07 bits per heavy atom. The topological polar surface area (TPSA) is 110 Å². The molecule has 0 fully saturated rings. The van der Waals surface area contributed by atoms with E-state index in [1.807, 2.05) is 4.98 Å². The average molecular weight is 239 g/mol. The Morgan fingerprint density at radius 3 is 2.50 bits per heavy atom. The van der Waals surface area contributed by atoms with Gasteiger partial charge in [0.1, 0.15) is 4.90 Å². The third-order valence-corrected chi connectivity index (χ3v) is 2.67. The van der Waals surface area contributed by atoms with Crippen molar-refractivity contribution in [1.82, 2.24) is 4.98 Å². The molecule has 1 N–H and O–H groups in total. The van der Waals surface area contributed by atoms with Crippen LogP contribution >= 0.6 is 10.7 Å². The van der Waals surface area contributed by atoms with Crippen molar-refractivity contribution in [3.8, 4) is 0 Å². The van der Waals surface area contributed by atoms with E-state index < -0.39 is 30.1 Å². The molecule has 76 valence electrons. The molecule has 1 rings (SSSR count). The molecule has 0 bridgehead atoms. The van der Waals surface area contributed by atoms with Gasteiger partial charge in [0, 0.05) is 22.9 Å². The summed E-state index contributed by atoms with van der Waals surface area (Å²) in [6.07, 6.45) is 0.789. The Labute approximate surface area is 81.9 Å². The van der Waals surface area contributed by atoms with Gasteiger partial charge in [0.2, 0.25) is 0 Å². The average Bonchev–Trinajstić information content (AvgIpc) is 2.02. The van der Waals surface area contributed by atoms with Crippen LogP contribution in [0.15, 0.2) is 22.0 Å². The molecule has 7 nitrogen and oxygen atoms in total. The first-order chi connectivity index (χ1) is 6.32. The number of H-pyrrole nitrogens is 1. The largest absolute Gasteiger partial charge is 0.335 e. The van der Waals surface area contributed by atoms with Crippen LogP contribution in [0, 0.1) is 10.1 Å². The van der Waals surface area contributed by atoms with E-state index >= 15 is 0 Å². The standard InChI is InChI=1S/C5H3ClN2O5S/c6-14(12,13)3-1-4(8(10)11)5(9)7-2-3/h1-2H,(H,7,9). The van der Waals surface area contributed by atoms with Gasteiger partial charge < -0.3 is 4.98 Å². The number of hydrogen-bond donors (Lipinski definition) is 1. The molecular weight excluding hydrogens is 236 g/mol. The molecule has 1 aromatic heterocycles. The number of aromatic amines is 1. The van der Waals surface area contributed by atoms with E-state index in [-0.39, 0.29) is 0 Å². The summed E-state index contributed by atoms with van der Waals surface area (Å²) in [6.45, 7) is 0. The van der Waals surface area contributed by atoms with Crippen molar-refractivity contribution < 1.29 is 13.3 Å². The highest BCUT2D eigenvalue weighted by atomic mass is 35.7. The van der Waals surface area contributed by atoms with Crippen LogP contribution in [0.25, 0.3) is 0 Å². The lowest BCUT2D eigenvalue weighted by Gasteiger charge is -1.94. The maximum atomic E-state index is 10.8. The Morgan fingerprint density at radius 1 is 1.50 bits per heavy atom. The minimum atomic E-state index is -4.08. The number of halogens is 1. The number of hydrogen-bond acceptors (Lipinski definition) is 5. The summed E-state index contributed by atoms with van der Waals surface area (Å²) in [6, 6.07) is 0.598. The number of nitrogens with zero attached hydrogens (tertiary/aromatic N) is 1. The fourth-order valence-electron chi connectivity index (χ4n) is 0.729. The SMILES string of the molecule is O=c1[nH]cc(S(=O)(=O)Cl)cc1[N+](=O)[O-]. The smallest absolute Gasteiger partial charge is 0.322 e. The van der Waals surface area contributed by atoms with Gasteiger partial charge in [-0.3, -0.25) is 14.9 Å². The molecule has 0 aliphatic carbocycles. The number of aromatic nitrogens is 1. The van der Waals surface area contributed by atoms with Crippen LogP contribution in [0.1, 0.15) is 0 Å². The summed E-state index contributed by atoms with van der Waals surface area (Å²) < 4.78 is 21.5. The van der Waals surface area contributed by atoms with Crippen LogP contribution in [0.5, 0.6) is 0 Å². The van der Waals surface area contributed by atoms with E-state index in [2.05, 4.69) is 0 Å². The van der Waals surface area contributed by atoms with Gasteiger partial charge in [-0.25, -0.2) is 8.42 Å². The van der Waals surface area contributed by atoms with Crippen LogP contribution < -0.4 is 5.56 Å². The first-order valence-corrected chi connectivity index (χ1v) is 5.45. The molecule has 0 aliphatic heterocycles. The third-order valence-electron chi connectivity index (χ3n) is 1.34. The Balaban J connectivity index is 3.50. The molecule has 1 heterocycles. The third kappa shape index (κ3) is 2.09. The van der Waals surface area contributed by atoms with Crippen LogP contribution in [0.2, 0.25) is 0 Å². The quantitative estimate of drug-likeness (QED) is 0.450. The number of pyridine rings is 1. The zero-order valence-corrected chi connectivity index (χ0v) is 8.00. The van der Waals surface area contributed by atoms with Gasteiger partial charge in [0.15, 0.2) is 0 Å². The van der Waals surface area contributed by atoms with Crippen molar-refractivity contribution >= 4 is 25.4 Å². The molecule has 0 spiro atoms. The first kappa shape index (κ1) is 10.7. The number of rotatable bonds is 2. The highest BCUT2D eigenvalue weighted by molar-refractivity contribution is 8.13. The van der Waals surface area contributed by atoms with Gasteiger partial charge in [-0.1, -0.05) is 0 Å². The lowest BCUT2D eigenvalue weighted by atomic mass is 10.4. The molecular formula is C5H3ClN2O5S. The predicted octanol–water partition coefficient (Wildman–Crippen LogP) is 0.211. The second-order valence-electron chi connectivity index (χ2n) is 2.24. The van der Waals surface area contributed by atoms with Crippen molar-refractivity contribution in [2.45, 2.75) is 4.90 Å². The molecule has 9 heteroatoms. The number of nitrogens with one attached hydrogen (secondary N) is 1. The van der Waals surface area contributed by atoms with Gasteiger partial charge in [-0.15, -0.1) is 0 Å². The summed E-state index contributed by atoms with van der Waals surface area (Å²) in [5.74, 6) is 0. The van der Waals surface area contributed by atoms with E-state index in [1.54, 1.807) is 0 Å². The molecule has 0 saturated heterocycles. The van der Waals surface area contributed by atoms with Crippen LogP contribution in [0.4, 0.5) is 5.69 Å². The molecule has 0 amide bonds. The van der Waals surface area contributed by atoms with E-state index in [0.29, 0.717) is 6.07 Å². The van der Waals surface area contributed by atoms with Crippen molar-refractivity contribution in [3.63, 3.8) is 0 Å². The van der Waals surface area contributed by atoms with E-state index in [9.17, 15) is 23.3 Å². The Kier molecular flexibility index (Phi) is 2.58. The molecule has 0 aromatic carbocycles. The summed E-state index contributed by atoms with van der Waals surface area (Å²) in [5.41, 5.74) is -1.86. The maximum Gasteiger partial charge on any atom is 0.335 e. The molecule has 0 atom stereocenters. The van der Waals surface area contributed by atoms with Gasteiger partial charge in [-0.2, -0.15) is 0 Å². The van der Waals surface area contributed by atoms with Gasteiger partial charge in [-0.05, 0) is 0 Å². The summed E-state index contributed by atoms with van der Waals surface area (Å²) in [4.78, 5) is 21.4. The van der Waals surface area contributed by atoms with Crippen molar-refractivity contribution in [3.05, 3.63) is 32.7 Å². The molecule has 0 radical (unpaired) electrons. The second kappa shape index (κ2) is 3.39. The van der Waals surface area contributed by atoms with Crippen LogP contribution in [-0.4, -0.2) is 18.3 Å². The number of nitro groups is 1. The minimum absolute atomic E-state index is 0.523. The second-order valence-corrected chi connectivity index (χ2v) is 4.81. The van der Waals surface area contributed by atoms with Gasteiger partial charge in [0.05, 0.1) is 4.92 Å². The van der Waals surface area contributed by atoms with Crippen molar-refractivity contribution in [2.24, 2.45) is 0 Å². The summed E-state index contributed by atoms with van der Waals surface area (Å²) in [5, 5.41) is 10.2. The van der Waals surface area contributed by atoms with E-state index in [1.165, 1.54) is 0 Å². The molecule has 0 saturated carbocycles. The summed E-state index contributed by atoms with van der Waals surface area (Å²) in [7, 11) is 0.837. The highest BCUT2D eigenvalue weighted by Crippen LogP contribution is 2.15. The normalized spacial score (nSPS) is 11.2. The fourth-order valence-corrected chi connectivity index (χ4v) is 1.45. The Bertz CT molecular complexity index is 533. The van der Waals surface area contributed by atoms with Gasteiger partial charge in [0.25, 0.3) is 9.05 Å². The molecule has 14 heavy (non-hydrogen) atoms. The summed E-state index contributed by atoms with van der Waals surface area (Å²) >= 11 is 0. The lowest BCUT2D eigenvalue weighted by Crippen LogP contribution is -2.12. The fraction of sp³-hybridized carbons (Fsp3) is 0. The molecule has 0 unspecified atom stereocenters. The minimum Gasteiger partial charge on any atom is -0.322 e. The maximum absolute atomic E-state index is 10.8. The first-order valence-electron chi connectivity index (χ1n) is 3.14. The van der Waals surface area contributed by atoms with E-state index in [4.69, 9.17) is 10.7 Å². The van der Waals surface area contributed by atoms with Gasteiger partial charge >= 0.3 is 11.2 Å². The monoisotopic (exact) mass is 238 g/mol. The van der Waals surface area contributed by atoms with Crippen LogP contribution in [0.3, 0.4) is 0 Å². The zero-order valence-electron chi connectivity index (χ0n) is 6.43. The van der Waals surface area contributed by atoms with E-state index in [0.717, 1.165) is 6.20 Å². The highest BCUT2D eigenvalue weighted by Gasteiger charge is 2.18. The van der Waals surface area contributed by atoms with Crippen LogP contribution in [-0.2, 0) is 9.05 Å². The lowest BCUT2D eigenvalue weighted by molar-refractivity contribution is -0.386. The van der Waals surface area contributed by atoms with Crippen molar-refractivity contribution in [2.75, 3.05) is 0 Å². The molecule has 0 aliphatic rings. The van der Waals surface area contributed by atoms with Crippen molar-refractivity contribution in [1.29, 1.82) is 0 Å². The zero-order chi connectivity index (χ0) is 10.9. The molecule has 1 aromatic rings. The Hall–Kier alpha value is -1.41. The predicted molar refractivity (Wildman–Crippen MR) is 46.8 cm³/mol.